The van der Waals surface area contributed by atoms with Crippen LogP contribution in [0.3, 0.4) is 0 Å². The van der Waals surface area contributed by atoms with Crippen LogP contribution >= 0.6 is 11.8 Å². The molecule has 6 heteroatoms. The van der Waals surface area contributed by atoms with Gasteiger partial charge in [-0.1, -0.05) is 19.1 Å². The summed E-state index contributed by atoms with van der Waals surface area (Å²) >= 11 is 1.60. The molecular weight excluding hydrogens is 336 g/mol. The maximum atomic E-state index is 12.2. The third kappa shape index (κ3) is 4.07. The molecule has 2 aromatic rings. The van der Waals surface area contributed by atoms with Crippen LogP contribution in [0.1, 0.15) is 47.3 Å². The van der Waals surface area contributed by atoms with Crippen LogP contribution in [-0.4, -0.2) is 28.5 Å². The van der Waals surface area contributed by atoms with Crippen molar-refractivity contribution >= 4 is 23.6 Å². The molecule has 3 rings (SSSR count). The Bertz CT molecular complexity index is 728. The molecule has 1 aliphatic heterocycles. The van der Waals surface area contributed by atoms with Gasteiger partial charge in [-0.05, 0) is 43.2 Å². The fraction of sp³-hybridized carbons (Fsp3) is 0.368. The van der Waals surface area contributed by atoms with Crippen molar-refractivity contribution in [2.75, 3.05) is 5.75 Å². The Morgan fingerprint density at radius 2 is 2.12 bits per heavy atom. The van der Waals surface area contributed by atoms with Crippen LogP contribution in [0.25, 0.3) is 0 Å². The standard InChI is InChI=1S/C19H22N2O3S/c1-3-13(2)20-18(23)14-6-8-15(9-7-14)19-21(17(22)12-25-19)11-16-5-4-10-24-16/h4-10,13,19H,3,11-12H2,1-2H3,(H,20,23)/t13-,19-/m0/s1. The van der Waals surface area contributed by atoms with Crippen LogP contribution in [0, 0.1) is 0 Å². The summed E-state index contributed by atoms with van der Waals surface area (Å²) in [5.41, 5.74) is 1.65. The zero-order valence-corrected chi connectivity index (χ0v) is 15.2. The minimum Gasteiger partial charge on any atom is -0.467 e. The molecule has 1 aliphatic rings. The number of carbonyl (C=O) groups excluding carboxylic acids is 2. The second kappa shape index (κ2) is 7.78. The minimum atomic E-state index is -0.0662. The van der Waals surface area contributed by atoms with Gasteiger partial charge >= 0.3 is 0 Å². The van der Waals surface area contributed by atoms with Gasteiger partial charge < -0.3 is 14.6 Å². The molecule has 0 bridgehead atoms. The number of nitrogens with one attached hydrogen (secondary N) is 1. The molecule has 0 spiro atoms. The number of hydrogen-bond acceptors (Lipinski definition) is 4. The van der Waals surface area contributed by atoms with Gasteiger partial charge in [-0.2, -0.15) is 0 Å². The van der Waals surface area contributed by atoms with E-state index in [4.69, 9.17) is 4.42 Å². The van der Waals surface area contributed by atoms with Gasteiger partial charge in [0.25, 0.3) is 5.91 Å². The SMILES string of the molecule is CC[C@H](C)NC(=O)c1ccc([C@@H]2SCC(=O)N2Cc2ccco2)cc1. The molecule has 1 aromatic carbocycles. The highest BCUT2D eigenvalue weighted by Crippen LogP contribution is 2.39. The molecule has 25 heavy (non-hydrogen) atoms. The topological polar surface area (TPSA) is 62.6 Å². The first kappa shape index (κ1) is 17.6. The third-order valence-electron chi connectivity index (χ3n) is 4.32. The Hall–Kier alpha value is -2.21. The van der Waals surface area contributed by atoms with E-state index in [9.17, 15) is 9.59 Å². The highest BCUT2D eigenvalue weighted by Gasteiger charge is 2.33. The first-order valence-electron chi connectivity index (χ1n) is 8.42. The lowest BCUT2D eigenvalue weighted by Crippen LogP contribution is -2.32. The van der Waals surface area contributed by atoms with Crippen LogP contribution in [0.5, 0.6) is 0 Å². The van der Waals surface area contributed by atoms with Gasteiger partial charge in [0, 0.05) is 11.6 Å². The van der Waals surface area contributed by atoms with Gasteiger partial charge in [0.2, 0.25) is 5.91 Å². The molecule has 1 saturated heterocycles. The summed E-state index contributed by atoms with van der Waals surface area (Å²) < 4.78 is 5.37. The van der Waals surface area contributed by atoms with Crippen molar-refractivity contribution in [2.45, 2.75) is 38.2 Å². The molecule has 0 aliphatic carbocycles. The zero-order chi connectivity index (χ0) is 17.8. The molecule has 5 nitrogen and oxygen atoms in total. The molecule has 1 aromatic heterocycles. The van der Waals surface area contributed by atoms with E-state index >= 15 is 0 Å². The number of amides is 2. The smallest absolute Gasteiger partial charge is 0.251 e. The second-order valence-corrected chi connectivity index (χ2v) is 7.24. The first-order valence-corrected chi connectivity index (χ1v) is 9.47. The average Bonchev–Trinajstić information content (AvgIpc) is 3.26. The Morgan fingerprint density at radius 1 is 1.36 bits per heavy atom. The normalized spacial score (nSPS) is 18.4. The van der Waals surface area contributed by atoms with Gasteiger partial charge in [-0.3, -0.25) is 9.59 Å². The van der Waals surface area contributed by atoms with Gasteiger partial charge in [0.1, 0.15) is 11.1 Å². The van der Waals surface area contributed by atoms with Crippen molar-refractivity contribution in [3.05, 3.63) is 59.5 Å². The largest absolute Gasteiger partial charge is 0.467 e. The van der Waals surface area contributed by atoms with E-state index in [1.54, 1.807) is 18.0 Å². The van der Waals surface area contributed by atoms with Crippen LogP contribution in [-0.2, 0) is 11.3 Å². The molecule has 2 atom stereocenters. The van der Waals surface area contributed by atoms with Gasteiger partial charge in [-0.15, -0.1) is 11.8 Å². The highest BCUT2D eigenvalue weighted by atomic mass is 32.2. The molecule has 132 valence electrons. The molecule has 2 amide bonds. The summed E-state index contributed by atoms with van der Waals surface area (Å²) in [5.74, 6) is 1.26. The maximum absolute atomic E-state index is 12.2. The fourth-order valence-electron chi connectivity index (χ4n) is 2.68. The third-order valence-corrected chi connectivity index (χ3v) is 5.58. The van der Waals surface area contributed by atoms with Gasteiger partial charge in [0.15, 0.2) is 0 Å². The molecular formula is C19H22N2O3S. The van der Waals surface area contributed by atoms with Crippen molar-refractivity contribution in [3.63, 3.8) is 0 Å². The molecule has 0 saturated carbocycles. The monoisotopic (exact) mass is 358 g/mol. The van der Waals surface area contributed by atoms with Crippen molar-refractivity contribution in [1.29, 1.82) is 0 Å². The van der Waals surface area contributed by atoms with Crippen LogP contribution in [0.15, 0.2) is 47.1 Å². The van der Waals surface area contributed by atoms with E-state index in [0.717, 1.165) is 17.7 Å². The lowest BCUT2D eigenvalue weighted by atomic mass is 10.1. The lowest BCUT2D eigenvalue weighted by molar-refractivity contribution is -0.128. The van der Waals surface area contributed by atoms with Crippen LogP contribution in [0.2, 0.25) is 0 Å². The lowest BCUT2D eigenvalue weighted by Gasteiger charge is -2.23. The highest BCUT2D eigenvalue weighted by molar-refractivity contribution is 8.00. The van der Waals surface area contributed by atoms with Crippen molar-refractivity contribution in [2.24, 2.45) is 0 Å². The zero-order valence-electron chi connectivity index (χ0n) is 14.4. The van der Waals surface area contributed by atoms with Gasteiger partial charge in [0.05, 0.1) is 18.6 Å². The summed E-state index contributed by atoms with van der Waals surface area (Å²) in [4.78, 5) is 26.2. The Kier molecular flexibility index (Phi) is 5.48. The Morgan fingerprint density at radius 3 is 2.76 bits per heavy atom. The summed E-state index contributed by atoms with van der Waals surface area (Å²) in [7, 11) is 0. The number of rotatable bonds is 6. The van der Waals surface area contributed by atoms with E-state index in [1.165, 1.54) is 0 Å². The quantitative estimate of drug-likeness (QED) is 0.857. The maximum Gasteiger partial charge on any atom is 0.251 e. The number of hydrogen-bond donors (Lipinski definition) is 1. The van der Waals surface area contributed by atoms with E-state index < -0.39 is 0 Å². The van der Waals surface area contributed by atoms with Crippen molar-refractivity contribution in [1.82, 2.24) is 10.2 Å². The van der Waals surface area contributed by atoms with Crippen LogP contribution < -0.4 is 5.32 Å². The molecule has 1 fully saturated rings. The Balaban J connectivity index is 1.72. The number of furan rings is 1. The summed E-state index contributed by atoms with van der Waals surface area (Å²) in [6.45, 7) is 4.48. The fourth-order valence-corrected chi connectivity index (χ4v) is 3.87. The van der Waals surface area contributed by atoms with Crippen molar-refractivity contribution in [3.8, 4) is 0 Å². The minimum absolute atomic E-state index is 0.0516. The predicted octanol–water partition coefficient (Wildman–Crippen LogP) is 3.58. The van der Waals surface area contributed by atoms with E-state index in [0.29, 0.717) is 17.9 Å². The Labute approximate surface area is 151 Å². The number of carbonyl (C=O) groups is 2. The summed E-state index contributed by atoms with van der Waals surface area (Å²) in [5, 5.41) is 2.91. The van der Waals surface area contributed by atoms with E-state index in [-0.39, 0.29) is 23.2 Å². The number of thioether (sulfide) groups is 1. The molecule has 0 radical (unpaired) electrons. The molecule has 0 unspecified atom stereocenters. The summed E-state index contributed by atoms with van der Waals surface area (Å²) in [6.07, 6.45) is 2.51. The molecule has 1 N–H and O–H groups in total. The average molecular weight is 358 g/mol. The van der Waals surface area contributed by atoms with E-state index in [1.807, 2.05) is 55.1 Å². The number of nitrogens with zero attached hydrogens (tertiary/aromatic N) is 1. The van der Waals surface area contributed by atoms with Crippen molar-refractivity contribution < 1.29 is 14.0 Å². The predicted molar refractivity (Wildman–Crippen MR) is 98.1 cm³/mol. The second-order valence-electron chi connectivity index (χ2n) is 6.17. The van der Waals surface area contributed by atoms with E-state index in [2.05, 4.69) is 5.32 Å². The summed E-state index contributed by atoms with van der Waals surface area (Å²) in [6, 6.07) is 11.3. The van der Waals surface area contributed by atoms with Crippen LogP contribution in [0.4, 0.5) is 0 Å². The van der Waals surface area contributed by atoms with Gasteiger partial charge in [-0.25, -0.2) is 0 Å². The molecule has 2 heterocycles. The first-order chi connectivity index (χ1) is 12.1. The number of benzene rings is 1.